The zero-order chi connectivity index (χ0) is 11.3. The molecule has 4 heteroatoms. The Bertz CT molecular complexity index is 341. The Labute approximate surface area is 88.0 Å². The van der Waals surface area contributed by atoms with E-state index in [1.807, 2.05) is 0 Å². The maximum Gasteiger partial charge on any atom is 0.314 e. The van der Waals surface area contributed by atoms with Gasteiger partial charge < -0.3 is 10.5 Å². The summed E-state index contributed by atoms with van der Waals surface area (Å²) in [5, 5.41) is 0. The van der Waals surface area contributed by atoms with Gasteiger partial charge in [0.2, 0.25) is 0 Å². The van der Waals surface area contributed by atoms with Crippen LogP contribution in [0.4, 0.5) is 4.39 Å². The van der Waals surface area contributed by atoms with Gasteiger partial charge in [-0.3, -0.25) is 4.79 Å². The molecule has 3 nitrogen and oxygen atoms in total. The van der Waals surface area contributed by atoms with Crippen molar-refractivity contribution in [3.63, 3.8) is 0 Å². The highest BCUT2D eigenvalue weighted by molar-refractivity contribution is 5.78. The minimum Gasteiger partial charge on any atom is -0.465 e. The van der Waals surface area contributed by atoms with E-state index in [4.69, 9.17) is 10.5 Å². The molecule has 1 aromatic carbocycles. The van der Waals surface area contributed by atoms with Crippen molar-refractivity contribution in [2.45, 2.75) is 12.8 Å². The van der Waals surface area contributed by atoms with Gasteiger partial charge in [0.1, 0.15) is 5.82 Å². The number of carbonyl (C=O) groups is 1. The molecule has 0 unspecified atom stereocenters. The van der Waals surface area contributed by atoms with E-state index in [0.29, 0.717) is 12.2 Å². The molecular formula is C11H14FNO2. The predicted molar refractivity (Wildman–Crippen MR) is 54.8 cm³/mol. The molecule has 1 atom stereocenters. The normalized spacial score (nSPS) is 12.2. The Morgan fingerprint density at radius 3 is 2.87 bits per heavy atom. The predicted octanol–water partition coefficient (Wildman–Crippen LogP) is 1.43. The summed E-state index contributed by atoms with van der Waals surface area (Å²) in [7, 11) is 0. The Morgan fingerprint density at radius 2 is 2.33 bits per heavy atom. The first-order valence-corrected chi connectivity index (χ1v) is 4.81. The lowest BCUT2D eigenvalue weighted by atomic mass is 9.99. The van der Waals surface area contributed by atoms with Crippen LogP contribution in [0.3, 0.4) is 0 Å². The SMILES string of the molecule is CCOC(=O)[C@@H](CN)c1cccc(F)c1. The summed E-state index contributed by atoms with van der Waals surface area (Å²) in [6, 6.07) is 5.83. The number of nitrogens with two attached hydrogens (primary N) is 1. The standard InChI is InChI=1S/C11H14FNO2/c1-2-15-11(14)10(7-13)8-4-3-5-9(12)6-8/h3-6,10H,2,7,13H2,1H3/t10-/m0/s1. The summed E-state index contributed by atoms with van der Waals surface area (Å²) in [5.41, 5.74) is 6.01. The summed E-state index contributed by atoms with van der Waals surface area (Å²) in [5.74, 6) is -1.37. The second-order valence-electron chi connectivity index (χ2n) is 3.10. The van der Waals surface area contributed by atoms with Crippen molar-refractivity contribution in [3.8, 4) is 0 Å². The van der Waals surface area contributed by atoms with Crippen molar-refractivity contribution in [2.75, 3.05) is 13.2 Å². The van der Waals surface area contributed by atoms with Gasteiger partial charge in [-0.15, -0.1) is 0 Å². The number of rotatable bonds is 4. The van der Waals surface area contributed by atoms with Crippen LogP contribution in [0.15, 0.2) is 24.3 Å². The highest BCUT2D eigenvalue weighted by Gasteiger charge is 2.20. The molecule has 0 aliphatic carbocycles. The van der Waals surface area contributed by atoms with Gasteiger partial charge in [-0.2, -0.15) is 0 Å². The Morgan fingerprint density at radius 1 is 1.60 bits per heavy atom. The third-order valence-electron chi connectivity index (χ3n) is 2.06. The van der Waals surface area contributed by atoms with E-state index in [9.17, 15) is 9.18 Å². The second kappa shape index (κ2) is 5.46. The largest absolute Gasteiger partial charge is 0.465 e. The average molecular weight is 211 g/mol. The Hall–Kier alpha value is -1.42. The van der Waals surface area contributed by atoms with Gasteiger partial charge in [-0.25, -0.2) is 4.39 Å². The number of halogens is 1. The van der Waals surface area contributed by atoms with E-state index in [1.54, 1.807) is 19.1 Å². The van der Waals surface area contributed by atoms with Crippen molar-refractivity contribution in [2.24, 2.45) is 5.73 Å². The monoisotopic (exact) mass is 211 g/mol. The summed E-state index contributed by atoms with van der Waals surface area (Å²) < 4.78 is 17.8. The number of benzene rings is 1. The molecule has 2 N–H and O–H groups in total. The van der Waals surface area contributed by atoms with Crippen LogP contribution in [0.5, 0.6) is 0 Å². The molecule has 15 heavy (non-hydrogen) atoms. The maximum atomic E-state index is 12.9. The van der Waals surface area contributed by atoms with Crippen LogP contribution < -0.4 is 5.73 Å². The second-order valence-corrected chi connectivity index (χ2v) is 3.10. The van der Waals surface area contributed by atoms with Crippen LogP contribution in [-0.4, -0.2) is 19.1 Å². The Balaban J connectivity index is 2.87. The zero-order valence-corrected chi connectivity index (χ0v) is 8.57. The van der Waals surface area contributed by atoms with Gasteiger partial charge in [0.05, 0.1) is 12.5 Å². The molecule has 82 valence electrons. The van der Waals surface area contributed by atoms with E-state index in [2.05, 4.69) is 0 Å². The highest BCUT2D eigenvalue weighted by Crippen LogP contribution is 2.17. The summed E-state index contributed by atoms with van der Waals surface area (Å²) >= 11 is 0. The van der Waals surface area contributed by atoms with Crippen LogP contribution in [0.1, 0.15) is 18.4 Å². The Kier molecular flexibility index (Phi) is 4.24. The summed E-state index contributed by atoms with van der Waals surface area (Å²) in [6.07, 6.45) is 0. The molecule has 0 saturated carbocycles. The number of carbonyl (C=O) groups excluding carboxylic acids is 1. The van der Waals surface area contributed by atoms with Gasteiger partial charge in [0, 0.05) is 6.54 Å². The molecule has 0 fully saturated rings. The van der Waals surface area contributed by atoms with Gasteiger partial charge in [0.25, 0.3) is 0 Å². The van der Waals surface area contributed by atoms with Crippen molar-refractivity contribution in [1.82, 2.24) is 0 Å². The van der Waals surface area contributed by atoms with Crippen molar-refractivity contribution in [3.05, 3.63) is 35.6 Å². The van der Waals surface area contributed by atoms with Crippen molar-refractivity contribution in [1.29, 1.82) is 0 Å². The molecule has 0 saturated heterocycles. The third-order valence-corrected chi connectivity index (χ3v) is 2.06. The molecule has 1 aromatic rings. The molecule has 0 aliphatic rings. The fourth-order valence-electron chi connectivity index (χ4n) is 1.33. The van der Waals surface area contributed by atoms with E-state index in [1.165, 1.54) is 12.1 Å². The highest BCUT2D eigenvalue weighted by atomic mass is 19.1. The maximum absolute atomic E-state index is 12.9. The molecule has 0 amide bonds. The van der Waals surface area contributed by atoms with Gasteiger partial charge in [-0.1, -0.05) is 12.1 Å². The van der Waals surface area contributed by atoms with Crippen LogP contribution >= 0.6 is 0 Å². The fraction of sp³-hybridized carbons (Fsp3) is 0.364. The van der Waals surface area contributed by atoms with Crippen molar-refractivity contribution >= 4 is 5.97 Å². The van der Waals surface area contributed by atoms with Crippen LogP contribution in [-0.2, 0) is 9.53 Å². The molecule has 0 aromatic heterocycles. The minimum absolute atomic E-state index is 0.113. The number of esters is 1. The smallest absolute Gasteiger partial charge is 0.314 e. The van der Waals surface area contributed by atoms with Crippen LogP contribution in [0, 0.1) is 5.82 Å². The summed E-state index contributed by atoms with van der Waals surface area (Å²) in [6.45, 7) is 2.13. The molecule has 1 rings (SSSR count). The molecule has 0 radical (unpaired) electrons. The van der Waals surface area contributed by atoms with Gasteiger partial charge >= 0.3 is 5.97 Å². The first-order chi connectivity index (χ1) is 7.19. The third kappa shape index (κ3) is 3.02. The molecule has 0 heterocycles. The zero-order valence-electron chi connectivity index (χ0n) is 8.57. The van der Waals surface area contributed by atoms with E-state index < -0.39 is 11.9 Å². The lowest BCUT2D eigenvalue weighted by Gasteiger charge is -2.13. The fourth-order valence-corrected chi connectivity index (χ4v) is 1.33. The molecule has 0 bridgehead atoms. The average Bonchev–Trinajstić information content (AvgIpc) is 2.19. The minimum atomic E-state index is -0.583. The lowest BCUT2D eigenvalue weighted by Crippen LogP contribution is -2.23. The molecule has 0 spiro atoms. The van der Waals surface area contributed by atoms with E-state index in [0.717, 1.165) is 0 Å². The quantitative estimate of drug-likeness (QED) is 0.766. The van der Waals surface area contributed by atoms with Crippen LogP contribution in [0.2, 0.25) is 0 Å². The van der Waals surface area contributed by atoms with E-state index >= 15 is 0 Å². The van der Waals surface area contributed by atoms with Crippen molar-refractivity contribution < 1.29 is 13.9 Å². The number of hydrogen-bond acceptors (Lipinski definition) is 3. The van der Waals surface area contributed by atoms with E-state index in [-0.39, 0.29) is 12.4 Å². The van der Waals surface area contributed by atoms with Gasteiger partial charge in [0.15, 0.2) is 0 Å². The van der Waals surface area contributed by atoms with Crippen LogP contribution in [0.25, 0.3) is 0 Å². The first kappa shape index (κ1) is 11.7. The number of hydrogen-bond donors (Lipinski definition) is 1. The molecular weight excluding hydrogens is 197 g/mol. The lowest BCUT2D eigenvalue weighted by molar-refractivity contribution is -0.144. The van der Waals surface area contributed by atoms with Gasteiger partial charge in [-0.05, 0) is 24.6 Å². The topological polar surface area (TPSA) is 52.3 Å². The summed E-state index contributed by atoms with van der Waals surface area (Å²) in [4.78, 5) is 11.5. The molecule has 0 aliphatic heterocycles. The number of ether oxygens (including phenoxy) is 1. The first-order valence-electron chi connectivity index (χ1n) is 4.81.